The van der Waals surface area contributed by atoms with Crippen LogP contribution in [0.15, 0.2) is 12.2 Å². The second-order valence-corrected chi connectivity index (χ2v) is 3.41. The Bertz CT molecular complexity index is 163. The van der Waals surface area contributed by atoms with Gasteiger partial charge in [0.05, 0.1) is 0 Å². The number of halogens is 3. The Morgan fingerprint density at radius 3 is 2.31 bits per heavy atom. The van der Waals surface area contributed by atoms with Crippen molar-refractivity contribution in [3.63, 3.8) is 0 Å². The fraction of sp³-hybridized carbons (Fsp3) is 0.778. The molecule has 0 heterocycles. The minimum Gasteiger partial charge on any atom is -0.302 e. The van der Waals surface area contributed by atoms with Crippen LogP contribution >= 0.6 is 0 Å². The lowest BCUT2D eigenvalue weighted by Crippen LogP contribution is -2.22. The molecule has 0 saturated heterocycles. The predicted octanol–water partition coefficient (Wildman–Crippen LogP) is 2.84. The average molecular weight is 195 g/mol. The smallest absolute Gasteiger partial charge is 0.302 e. The van der Waals surface area contributed by atoms with Crippen molar-refractivity contribution >= 4 is 0 Å². The van der Waals surface area contributed by atoms with Crippen LogP contribution < -0.4 is 0 Å². The summed E-state index contributed by atoms with van der Waals surface area (Å²) in [6.07, 6.45) is -4.56. The van der Waals surface area contributed by atoms with Gasteiger partial charge in [-0.05, 0) is 26.9 Å². The fourth-order valence-corrected chi connectivity index (χ4v) is 1.09. The normalized spacial score (nSPS) is 12.2. The number of hydrogen-bond acceptors (Lipinski definition) is 1. The van der Waals surface area contributed by atoms with E-state index in [1.165, 1.54) is 0 Å². The van der Waals surface area contributed by atoms with E-state index in [1.807, 2.05) is 11.8 Å². The second-order valence-electron chi connectivity index (χ2n) is 3.41. The van der Waals surface area contributed by atoms with Crippen LogP contribution in [-0.4, -0.2) is 31.2 Å². The third-order valence-corrected chi connectivity index (χ3v) is 1.54. The summed E-state index contributed by atoms with van der Waals surface area (Å²) in [6, 6.07) is 0. The highest BCUT2D eigenvalue weighted by atomic mass is 19.4. The lowest BCUT2D eigenvalue weighted by atomic mass is 10.2. The molecule has 0 saturated carbocycles. The zero-order valence-corrected chi connectivity index (χ0v) is 8.12. The molecule has 0 aromatic heterocycles. The molecule has 0 aromatic rings. The summed E-state index contributed by atoms with van der Waals surface area (Å²) in [7, 11) is 1.80. The minimum absolute atomic E-state index is 0.160. The van der Waals surface area contributed by atoms with E-state index in [0.717, 1.165) is 5.57 Å². The van der Waals surface area contributed by atoms with E-state index in [9.17, 15) is 13.2 Å². The van der Waals surface area contributed by atoms with Crippen molar-refractivity contribution in [2.45, 2.75) is 25.9 Å². The topological polar surface area (TPSA) is 3.24 Å². The van der Waals surface area contributed by atoms with Gasteiger partial charge in [-0.25, -0.2) is 0 Å². The maximum Gasteiger partial charge on any atom is 0.389 e. The largest absolute Gasteiger partial charge is 0.389 e. The molecule has 0 aliphatic heterocycles. The summed E-state index contributed by atoms with van der Waals surface area (Å²) in [4.78, 5) is 1.84. The van der Waals surface area contributed by atoms with E-state index in [1.54, 1.807) is 7.05 Å². The van der Waals surface area contributed by atoms with Crippen molar-refractivity contribution in [3.8, 4) is 0 Å². The SMILES string of the molecule is C=C(C)CN(C)CCCC(F)(F)F. The lowest BCUT2D eigenvalue weighted by Gasteiger charge is -2.16. The molecule has 0 bridgehead atoms. The lowest BCUT2D eigenvalue weighted by molar-refractivity contribution is -0.135. The molecule has 0 unspecified atom stereocenters. The third kappa shape index (κ3) is 9.40. The molecule has 0 aliphatic rings. The molecule has 0 rings (SSSR count). The van der Waals surface area contributed by atoms with Crippen LogP contribution in [0.25, 0.3) is 0 Å². The average Bonchev–Trinajstić information content (AvgIpc) is 1.81. The summed E-state index contributed by atoms with van der Waals surface area (Å²) >= 11 is 0. The molecule has 4 heteroatoms. The first kappa shape index (κ1) is 12.5. The van der Waals surface area contributed by atoms with E-state index in [4.69, 9.17) is 0 Å². The fourth-order valence-electron chi connectivity index (χ4n) is 1.09. The van der Waals surface area contributed by atoms with Gasteiger partial charge in [0.25, 0.3) is 0 Å². The van der Waals surface area contributed by atoms with Gasteiger partial charge in [0.15, 0.2) is 0 Å². The first-order valence-corrected chi connectivity index (χ1v) is 4.21. The Hall–Kier alpha value is -0.510. The molecule has 0 fully saturated rings. The quantitative estimate of drug-likeness (QED) is 0.610. The maximum atomic E-state index is 11.7. The Morgan fingerprint density at radius 1 is 1.38 bits per heavy atom. The molecule has 0 amide bonds. The van der Waals surface area contributed by atoms with Gasteiger partial charge in [-0.1, -0.05) is 12.2 Å². The van der Waals surface area contributed by atoms with E-state index in [2.05, 4.69) is 6.58 Å². The zero-order valence-electron chi connectivity index (χ0n) is 8.12. The first-order valence-electron chi connectivity index (χ1n) is 4.21. The standard InChI is InChI=1S/C9H16F3N/c1-8(2)7-13(3)6-4-5-9(10,11)12/h1,4-7H2,2-3H3. The second kappa shape index (κ2) is 5.27. The van der Waals surface area contributed by atoms with Crippen molar-refractivity contribution in [2.24, 2.45) is 0 Å². The number of alkyl halides is 3. The highest BCUT2D eigenvalue weighted by Crippen LogP contribution is 2.21. The van der Waals surface area contributed by atoms with Crippen LogP contribution in [0.5, 0.6) is 0 Å². The van der Waals surface area contributed by atoms with Crippen LogP contribution in [0.3, 0.4) is 0 Å². The molecule has 0 spiro atoms. The van der Waals surface area contributed by atoms with Gasteiger partial charge in [0.1, 0.15) is 0 Å². The molecule has 1 nitrogen and oxygen atoms in total. The number of nitrogens with zero attached hydrogens (tertiary/aromatic N) is 1. The Labute approximate surface area is 77.2 Å². The van der Waals surface area contributed by atoms with Gasteiger partial charge in [-0.2, -0.15) is 13.2 Å². The molecule has 0 aromatic carbocycles. The van der Waals surface area contributed by atoms with Crippen LogP contribution in [0, 0.1) is 0 Å². The summed E-state index contributed by atoms with van der Waals surface area (Å²) in [5.74, 6) is 0. The van der Waals surface area contributed by atoms with Gasteiger partial charge >= 0.3 is 6.18 Å². The number of likely N-dealkylation sites (N-methyl/N-ethyl adjacent to an activating group) is 1. The van der Waals surface area contributed by atoms with Gasteiger partial charge in [0, 0.05) is 13.0 Å². The monoisotopic (exact) mass is 195 g/mol. The molecule has 0 radical (unpaired) electrons. The maximum absolute atomic E-state index is 11.7. The minimum atomic E-state index is -4.02. The number of rotatable bonds is 5. The van der Waals surface area contributed by atoms with Crippen LogP contribution in [-0.2, 0) is 0 Å². The third-order valence-electron chi connectivity index (χ3n) is 1.54. The molecule has 78 valence electrons. The summed E-state index contributed by atoms with van der Waals surface area (Å²) < 4.78 is 35.2. The molecule has 0 aliphatic carbocycles. The molecular formula is C9H16F3N. The highest BCUT2D eigenvalue weighted by Gasteiger charge is 2.26. The van der Waals surface area contributed by atoms with Gasteiger partial charge in [-0.3, -0.25) is 0 Å². The van der Waals surface area contributed by atoms with E-state index in [0.29, 0.717) is 13.1 Å². The Kier molecular flexibility index (Phi) is 5.06. The molecule has 13 heavy (non-hydrogen) atoms. The van der Waals surface area contributed by atoms with Crippen molar-refractivity contribution in [1.82, 2.24) is 4.90 Å². The highest BCUT2D eigenvalue weighted by molar-refractivity contribution is 4.90. The predicted molar refractivity (Wildman–Crippen MR) is 47.6 cm³/mol. The van der Waals surface area contributed by atoms with E-state index >= 15 is 0 Å². The van der Waals surface area contributed by atoms with Crippen molar-refractivity contribution in [3.05, 3.63) is 12.2 Å². The summed E-state index contributed by atoms with van der Waals surface area (Å²) in [5, 5.41) is 0. The van der Waals surface area contributed by atoms with Gasteiger partial charge in [0.2, 0.25) is 0 Å². The molecular weight excluding hydrogens is 179 g/mol. The van der Waals surface area contributed by atoms with Crippen molar-refractivity contribution < 1.29 is 13.2 Å². The van der Waals surface area contributed by atoms with Crippen molar-refractivity contribution in [1.29, 1.82) is 0 Å². The van der Waals surface area contributed by atoms with Crippen LogP contribution in [0.1, 0.15) is 19.8 Å². The molecule has 0 N–H and O–H groups in total. The Morgan fingerprint density at radius 2 is 1.92 bits per heavy atom. The Balaban J connectivity index is 3.48. The first-order chi connectivity index (χ1) is 5.81. The van der Waals surface area contributed by atoms with Crippen LogP contribution in [0.4, 0.5) is 13.2 Å². The van der Waals surface area contributed by atoms with Gasteiger partial charge in [-0.15, -0.1) is 0 Å². The van der Waals surface area contributed by atoms with E-state index in [-0.39, 0.29) is 6.42 Å². The summed E-state index contributed by atoms with van der Waals surface area (Å²) in [6.45, 7) is 6.68. The van der Waals surface area contributed by atoms with E-state index < -0.39 is 12.6 Å². The van der Waals surface area contributed by atoms with Crippen LogP contribution in [0.2, 0.25) is 0 Å². The summed E-state index contributed by atoms with van der Waals surface area (Å²) in [5.41, 5.74) is 0.967. The number of hydrogen-bond donors (Lipinski definition) is 0. The van der Waals surface area contributed by atoms with Crippen molar-refractivity contribution in [2.75, 3.05) is 20.1 Å². The molecule has 0 atom stereocenters. The zero-order chi connectivity index (χ0) is 10.5. The van der Waals surface area contributed by atoms with Gasteiger partial charge < -0.3 is 4.90 Å².